The Labute approximate surface area is 176 Å². The van der Waals surface area contributed by atoms with Crippen LogP contribution in [0.4, 0.5) is 5.69 Å². The number of halogens is 1. The normalized spacial score (nSPS) is 12.9. The van der Waals surface area contributed by atoms with Gasteiger partial charge in [-0.3, -0.25) is 4.79 Å². The van der Waals surface area contributed by atoms with Crippen molar-refractivity contribution < 1.29 is 9.53 Å². The maximum atomic E-state index is 13.1. The number of rotatable bonds is 4. The van der Waals surface area contributed by atoms with Gasteiger partial charge in [0.2, 0.25) is 0 Å². The van der Waals surface area contributed by atoms with Crippen LogP contribution in [0, 0.1) is 0 Å². The first-order valence-corrected chi connectivity index (χ1v) is 10.2. The van der Waals surface area contributed by atoms with Crippen LogP contribution in [0.25, 0.3) is 5.65 Å². The molecule has 5 rings (SSSR count). The van der Waals surface area contributed by atoms with E-state index >= 15 is 0 Å². The fourth-order valence-corrected chi connectivity index (χ4v) is 4.08. The largest absolute Gasteiger partial charge is 0.487 e. The molecular formula is C23H18BrN3O2. The van der Waals surface area contributed by atoms with Crippen molar-refractivity contribution in [3.05, 3.63) is 94.4 Å². The molecule has 0 bridgehead atoms. The SMILES string of the molecule is O=C(c1cccc(OCc2cn3ccccc3n2)c1)N1CCc2cc(Br)ccc21. The Balaban J connectivity index is 1.33. The molecule has 29 heavy (non-hydrogen) atoms. The third kappa shape index (κ3) is 3.51. The second-order valence-electron chi connectivity index (χ2n) is 6.99. The fraction of sp³-hybridized carbons (Fsp3) is 0.130. The number of imidazole rings is 1. The van der Waals surface area contributed by atoms with Crippen molar-refractivity contribution in [2.75, 3.05) is 11.4 Å². The summed E-state index contributed by atoms with van der Waals surface area (Å²) in [4.78, 5) is 19.5. The van der Waals surface area contributed by atoms with Crippen molar-refractivity contribution in [3.8, 4) is 5.75 Å². The lowest BCUT2D eigenvalue weighted by molar-refractivity contribution is 0.0989. The van der Waals surface area contributed by atoms with Gasteiger partial charge in [-0.1, -0.05) is 28.1 Å². The summed E-state index contributed by atoms with van der Waals surface area (Å²) in [6.07, 6.45) is 4.77. The number of hydrogen-bond acceptors (Lipinski definition) is 3. The van der Waals surface area contributed by atoms with Gasteiger partial charge in [-0.25, -0.2) is 4.98 Å². The van der Waals surface area contributed by atoms with Gasteiger partial charge in [0.05, 0.1) is 5.69 Å². The third-order valence-electron chi connectivity index (χ3n) is 5.06. The molecule has 0 N–H and O–H groups in total. The highest BCUT2D eigenvalue weighted by Gasteiger charge is 2.25. The standard InChI is InChI=1S/C23H18BrN3O2/c24-18-7-8-21-16(12-18)9-11-27(21)23(28)17-4-3-5-20(13-17)29-15-19-14-26-10-2-1-6-22(26)25-19/h1-8,10,12-14H,9,11,15H2. The van der Waals surface area contributed by atoms with Crippen molar-refractivity contribution >= 4 is 33.2 Å². The zero-order valence-corrected chi connectivity index (χ0v) is 17.2. The van der Waals surface area contributed by atoms with Crippen molar-refractivity contribution in [2.45, 2.75) is 13.0 Å². The minimum atomic E-state index is -0.00995. The number of fused-ring (bicyclic) bond motifs is 2. The molecule has 0 saturated carbocycles. The van der Waals surface area contributed by atoms with Gasteiger partial charge in [-0.2, -0.15) is 0 Å². The lowest BCUT2D eigenvalue weighted by Gasteiger charge is -2.18. The summed E-state index contributed by atoms with van der Waals surface area (Å²) in [6.45, 7) is 1.04. The van der Waals surface area contributed by atoms with Crippen LogP contribution in [0.15, 0.2) is 77.5 Å². The highest BCUT2D eigenvalue weighted by Crippen LogP contribution is 2.32. The summed E-state index contributed by atoms with van der Waals surface area (Å²) in [5.74, 6) is 0.646. The van der Waals surface area contributed by atoms with Gasteiger partial charge in [0, 0.05) is 34.7 Å². The van der Waals surface area contributed by atoms with Gasteiger partial charge in [0.1, 0.15) is 18.0 Å². The molecule has 0 unspecified atom stereocenters. The molecule has 0 saturated heterocycles. The van der Waals surface area contributed by atoms with Crippen LogP contribution in [0.3, 0.4) is 0 Å². The molecule has 144 valence electrons. The van der Waals surface area contributed by atoms with Gasteiger partial charge >= 0.3 is 0 Å². The number of carbonyl (C=O) groups is 1. The van der Waals surface area contributed by atoms with Crippen molar-refractivity contribution in [1.29, 1.82) is 0 Å². The summed E-state index contributed by atoms with van der Waals surface area (Å²) in [6, 6.07) is 19.3. The quantitative estimate of drug-likeness (QED) is 0.447. The minimum absolute atomic E-state index is 0.00995. The molecule has 0 radical (unpaired) electrons. The molecule has 4 aromatic rings. The molecular weight excluding hydrogens is 430 g/mol. The van der Waals surface area contributed by atoms with E-state index in [0.29, 0.717) is 24.5 Å². The summed E-state index contributed by atoms with van der Waals surface area (Å²) in [7, 11) is 0. The lowest BCUT2D eigenvalue weighted by Crippen LogP contribution is -2.28. The Hall–Kier alpha value is -3.12. The first kappa shape index (κ1) is 17.9. The third-order valence-corrected chi connectivity index (χ3v) is 5.56. The molecule has 0 atom stereocenters. The Morgan fingerprint density at radius 3 is 2.93 bits per heavy atom. The number of hydrogen-bond donors (Lipinski definition) is 0. The average molecular weight is 448 g/mol. The van der Waals surface area contributed by atoms with Crippen LogP contribution < -0.4 is 9.64 Å². The fourth-order valence-electron chi connectivity index (χ4n) is 3.67. The molecule has 0 aliphatic carbocycles. The maximum Gasteiger partial charge on any atom is 0.258 e. The monoisotopic (exact) mass is 447 g/mol. The van der Waals surface area contributed by atoms with Crippen LogP contribution in [0.5, 0.6) is 5.75 Å². The number of nitrogens with zero attached hydrogens (tertiary/aromatic N) is 3. The summed E-state index contributed by atoms with van der Waals surface area (Å²) >= 11 is 3.50. The highest BCUT2D eigenvalue weighted by molar-refractivity contribution is 9.10. The zero-order chi connectivity index (χ0) is 19.8. The lowest BCUT2D eigenvalue weighted by atomic mass is 10.1. The Morgan fingerprint density at radius 2 is 2.03 bits per heavy atom. The number of aromatic nitrogens is 2. The van der Waals surface area contributed by atoms with E-state index in [1.165, 1.54) is 5.56 Å². The zero-order valence-electron chi connectivity index (χ0n) is 15.6. The van der Waals surface area contributed by atoms with E-state index < -0.39 is 0 Å². The van der Waals surface area contributed by atoms with E-state index in [9.17, 15) is 4.79 Å². The van der Waals surface area contributed by atoms with Gasteiger partial charge in [0.25, 0.3) is 5.91 Å². The van der Waals surface area contributed by atoms with Gasteiger partial charge < -0.3 is 14.0 Å². The molecule has 1 aliphatic heterocycles. The van der Waals surface area contributed by atoms with E-state index in [2.05, 4.69) is 27.0 Å². The number of amides is 1. The number of carbonyl (C=O) groups excluding carboxylic acids is 1. The van der Waals surface area contributed by atoms with E-state index in [1.807, 2.05) is 70.2 Å². The molecule has 0 spiro atoms. The smallest absolute Gasteiger partial charge is 0.258 e. The number of benzene rings is 2. The Morgan fingerprint density at radius 1 is 1.10 bits per heavy atom. The van der Waals surface area contributed by atoms with E-state index in [-0.39, 0.29) is 5.91 Å². The number of pyridine rings is 1. The molecule has 5 nitrogen and oxygen atoms in total. The molecule has 6 heteroatoms. The second kappa shape index (κ2) is 7.37. The molecule has 2 aromatic carbocycles. The number of ether oxygens (including phenoxy) is 1. The molecule has 0 fully saturated rings. The average Bonchev–Trinajstić information content (AvgIpc) is 3.35. The second-order valence-corrected chi connectivity index (χ2v) is 7.91. The van der Waals surface area contributed by atoms with Crippen LogP contribution in [-0.4, -0.2) is 21.8 Å². The Kier molecular flexibility index (Phi) is 4.56. The highest BCUT2D eigenvalue weighted by atomic mass is 79.9. The van der Waals surface area contributed by atoms with E-state index in [1.54, 1.807) is 6.07 Å². The van der Waals surface area contributed by atoms with Crippen molar-refractivity contribution in [3.63, 3.8) is 0 Å². The topological polar surface area (TPSA) is 46.8 Å². The predicted octanol–water partition coefficient (Wildman–Crippen LogP) is 4.88. The molecule has 2 aromatic heterocycles. The van der Waals surface area contributed by atoms with E-state index in [4.69, 9.17) is 4.74 Å². The molecule has 1 amide bonds. The van der Waals surface area contributed by atoms with Gasteiger partial charge in [0.15, 0.2) is 0 Å². The van der Waals surface area contributed by atoms with Gasteiger partial charge in [-0.05, 0) is 60.5 Å². The number of anilines is 1. The maximum absolute atomic E-state index is 13.1. The van der Waals surface area contributed by atoms with Crippen molar-refractivity contribution in [2.24, 2.45) is 0 Å². The van der Waals surface area contributed by atoms with Crippen LogP contribution in [0.2, 0.25) is 0 Å². The molecule has 1 aliphatic rings. The first-order chi connectivity index (χ1) is 14.2. The summed E-state index contributed by atoms with van der Waals surface area (Å²) in [5.41, 5.74) is 4.51. The van der Waals surface area contributed by atoms with Gasteiger partial charge in [-0.15, -0.1) is 0 Å². The first-order valence-electron chi connectivity index (χ1n) is 9.43. The predicted molar refractivity (Wildman–Crippen MR) is 115 cm³/mol. The van der Waals surface area contributed by atoms with Crippen LogP contribution in [0.1, 0.15) is 21.6 Å². The van der Waals surface area contributed by atoms with Crippen LogP contribution >= 0.6 is 15.9 Å². The van der Waals surface area contributed by atoms with Crippen LogP contribution in [-0.2, 0) is 13.0 Å². The van der Waals surface area contributed by atoms with Crippen molar-refractivity contribution in [1.82, 2.24) is 9.38 Å². The van der Waals surface area contributed by atoms with E-state index in [0.717, 1.165) is 27.9 Å². The minimum Gasteiger partial charge on any atom is -0.487 e. The molecule has 3 heterocycles. The Bertz CT molecular complexity index is 1180. The summed E-state index contributed by atoms with van der Waals surface area (Å²) < 4.78 is 8.90. The summed E-state index contributed by atoms with van der Waals surface area (Å²) in [5, 5.41) is 0.